The van der Waals surface area contributed by atoms with Gasteiger partial charge in [-0.1, -0.05) is 11.2 Å². The molecule has 0 atom stereocenters. The van der Waals surface area contributed by atoms with Crippen molar-refractivity contribution in [3.8, 4) is 10.9 Å². The summed E-state index contributed by atoms with van der Waals surface area (Å²) in [7, 11) is 0. The predicted molar refractivity (Wildman–Crippen MR) is 70.3 cm³/mol. The minimum Gasteiger partial charge on any atom is -0.422 e. The fourth-order valence-electron chi connectivity index (χ4n) is 1.52. The summed E-state index contributed by atoms with van der Waals surface area (Å²) in [6.45, 7) is 3.55. The van der Waals surface area contributed by atoms with E-state index in [-0.39, 0.29) is 16.6 Å². The van der Waals surface area contributed by atoms with E-state index in [0.717, 1.165) is 5.56 Å². The molecule has 18 heavy (non-hydrogen) atoms. The molecule has 0 saturated heterocycles. The summed E-state index contributed by atoms with van der Waals surface area (Å²) in [6.07, 6.45) is 0. The van der Waals surface area contributed by atoms with Gasteiger partial charge in [-0.25, -0.2) is 0 Å². The molecule has 0 aliphatic heterocycles. The Labute approximate surface area is 115 Å². The first-order valence-electron chi connectivity index (χ1n) is 4.90. The van der Waals surface area contributed by atoms with E-state index in [1.165, 1.54) is 17.4 Å². The van der Waals surface area contributed by atoms with Gasteiger partial charge in [0.25, 0.3) is 0 Å². The maximum Gasteiger partial charge on any atom is 0.312 e. The van der Waals surface area contributed by atoms with Gasteiger partial charge in [-0.2, -0.15) is 0 Å². The van der Waals surface area contributed by atoms with Crippen LogP contribution in [0.25, 0.3) is 0 Å². The molecule has 94 valence electrons. The summed E-state index contributed by atoms with van der Waals surface area (Å²) in [5.74, 6) is 0.203. The third-order valence-electron chi connectivity index (χ3n) is 2.17. The second-order valence-electron chi connectivity index (χ2n) is 3.61. The molecule has 0 aliphatic carbocycles. The zero-order valence-corrected chi connectivity index (χ0v) is 11.9. The number of nitro benzene ring substituents is 1. The van der Waals surface area contributed by atoms with Crippen molar-refractivity contribution in [2.24, 2.45) is 0 Å². The molecule has 0 aliphatic rings. The Morgan fingerprint density at radius 1 is 1.39 bits per heavy atom. The van der Waals surface area contributed by atoms with E-state index in [0.29, 0.717) is 9.48 Å². The van der Waals surface area contributed by atoms with Crippen LogP contribution in [0, 0.1) is 24.0 Å². The second-order valence-corrected chi connectivity index (χ2v) is 5.83. The molecular formula is C10H8BrN3O3S. The molecule has 0 saturated carbocycles. The molecule has 1 heterocycles. The summed E-state index contributed by atoms with van der Waals surface area (Å²) in [5, 5.41) is 18.7. The van der Waals surface area contributed by atoms with E-state index in [1.54, 1.807) is 13.8 Å². The Balaban J connectivity index is 2.46. The van der Waals surface area contributed by atoms with E-state index in [9.17, 15) is 10.1 Å². The van der Waals surface area contributed by atoms with Gasteiger partial charge in [-0.05, 0) is 52.2 Å². The smallest absolute Gasteiger partial charge is 0.312 e. The van der Waals surface area contributed by atoms with Crippen molar-refractivity contribution in [2.75, 3.05) is 0 Å². The van der Waals surface area contributed by atoms with Crippen molar-refractivity contribution in [2.45, 2.75) is 13.8 Å². The average Bonchev–Trinajstić information content (AvgIpc) is 2.67. The summed E-state index contributed by atoms with van der Waals surface area (Å²) in [5.41, 5.74) is 1.43. The number of hydrogen-bond donors (Lipinski definition) is 0. The standard InChI is InChI=1S/C10H8BrN3O3S/c1-5-3-6(2)8(7(4-5)14(15)16)17-10-13-12-9(11)18-10/h3-4H,1-2H3. The van der Waals surface area contributed by atoms with Crippen molar-refractivity contribution in [1.29, 1.82) is 0 Å². The minimum absolute atomic E-state index is 0.0705. The zero-order chi connectivity index (χ0) is 13.3. The van der Waals surface area contributed by atoms with Gasteiger partial charge in [-0.3, -0.25) is 10.1 Å². The first-order chi connectivity index (χ1) is 8.47. The number of nitro groups is 1. The van der Waals surface area contributed by atoms with Crippen LogP contribution in [-0.4, -0.2) is 15.1 Å². The third kappa shape index (κ3) is 2.65. The molecule has 0 fully saturated rings. The molecule has 8 heteroatoms. The van der Waals surface area contributed by atoms with Crippen molar-refractivity contribution in [3.63, 3.8) is 0 Å². The van der Waals surface area contributed by atoms with Crippen LogP contribution in [0.5, 0.6) is 10.9 Å². The number of ether oxygens (including phenoxy) is 1. The largest absolute Gasteiger partial charge is 0.422 e. The molecule has 1 aromatic carbocycles. The van der Waals surface area contributed by atoms with Crippen LogP contribution in [0.4, 0.5) is 5.69 Å². The van der Waals surface area contributed by atoms with Crippen LogP contribution in [0.3, 0.4) is 0 Å². The molecule has 0 N–H and O–H groups in total. The van der Waals surface area contributed by atoms with Crippen LogP contribution < -0.4 is 4.74 Å². The first-order valence-corrected chi connectivity index (χ1v) is 6.51. The van der Waals surface area contributed by atoms with Crippen molar-refractivity contribution in [3.05, 3.63) is 37.3 Å². The molecule has 1 aromatic heterocycles. The topological polar surface area (TPSA) is 78.2 Å². The lowest BCUT2D eigenvalue weighted by Gasteiger charge is -2.07. The van der Waals surface area contributed by atoms with Crippen molar-refractivity contribution >= 4 is 33.0 Å². The maximum absolute atomic E-state index is 11.0. The number of benzene rings is 1. The predicted octanol–water partition coefficient (Wildman–Crippen LogP) is 3.62. The molecule has 0 radical (unpaired) electrons. The number of halogens is 1. The van der Waals surface area contributed by atoms with Crippen LogP contribution >= 0.6 is 27.3 Å². The Bertz CT molecular complexity index is 614. The lowest BCUT2D eigenvalue weighted by Crippen LogP contribution is -1.96. The highest BCUT2D eigenvalue weighted by Crippen LogP contribution is 2.37. The van der Waals surface area contributed by atoms with Crippen LogP contribution in [0.15, 0.2) is 16.0 Å². The summed E-state index contributed by atoms with van der Waals surface area (Å²) >= 11 is 4.32. The van der Waals surface area contributed by atoms with Crippen molar-refractivity contribution < 1.29 is 9.66 Å². The van der Waals surface area contributed by atoms with E-state index in [4.69, 9.17) is 4.74 Å². The average molecular weight is 330 g/mol. The Morgan fingerprint density at radius 2 is 2.11 bits per heavy atom. The Kier molecular flexibility index (Phi) is 3.58. The van der Waals surface area contributed by atoms with Gasteiger partial charge in [0.15, 0.2) is 3.92 Å². The highest BCUT2D eigenvalue weighted by molar-refractivity contribution is 9.11. The van der Waals surface area contributed by atoms with Crippen LogP contribution in [0.2, 0.25) is 0 Å². The first kappa shape index (κ1) is 12.9. The SMILES string of the molecule is Cc1cc(C)c(Oc2nnc(Br)s2)c([N+](=O)[O-])c1. The lowest BCUT2D eigenvalue weighted by atomic mass is 10.1. The molecule has 6 nitrogen and oxygen atoms in total. The number of rotatable bonds is 3. The van der Waals surface area contributed by atoms with Gasteiger partial charge in [0.2, 0.25) is 5.75 Å². The highest BCUT2D eigenvalue weighted by Gasteiger charge is 2.20. The monoisotopic (exact) mass is 329 g/mol. The molecular weight excluding hydrogens is 322 g/mol. The van der Waals surface area contributed by atoms with E-state index >= 15 is 0 Å². The molecule has 2 rings (SSSR count). The van der Waals surface area contributed by atoms with Gasteiger partial charge in [-0.15, -0.1) is 5.10 Å². The Hall–Kier alpha value is -1.54. The second kappa shape index (κ2) is 4.99. The number of nitrogens with zero attached hydrogens (tertiary/aromatic N) is 3. The Morgan fingerprint density at radius 3 is 2.67 bits per heavy atom. The molecule has 0 spiro atoms. The van der Waals surface area contributed by atoms with E-state index in [2.05, 4.69) is 26.1 Å². The molecule has 0 amide bonds. The zero-order valence-electron chi connectivity index (χ0n) is 9.51. The number of aryl methyl sites for hydroxylation is 2. The number of hydrogen-bond acceptors (Lipinski definition) is 6. The van der Waals surface area contributed by atoms with Gasteiger partial charge in [0, 0.05) is 6.07 Å². The van der Waals surface area contributed by atoms with Gasteiger partial charge >= 0.3 is 10.9 Å². The van der Waals surface area contributed by atoms with Gasteiger partial charge in [0.1, 0.15) is 0 Å². The normalized spacial score (nSPS) is 10.4. The van der Waals surface area contributed by atoms with E-state index in [1.807, 2.05) is 6.07 Å². The van der Waals surface area contributed by atoms with Gasteiger partial charge < -0.3 is 4.74 Å². The van der Waals surface area contributed by atoms with Gasteiger partial charge in [0.05, 0.1) is 4.92 Å². The van der Waals surface area contributed by atoms with Crippen LogP contribution in [0.1, 0.15) is 11.1 Å². The summed E-state index contributed by atoms with van der Waals surface area (Å²) in [6, 6.07) is 3.29. The summed E-state index contributed by atoms with van der Waals surface area (Å²) in [4.78, 5) is 10.5. The fourth-order valence-corrected chi connectivity index (χ4v) is 2.45. The lowest BCUT2D eigenvalue weighted by molar-refractivity contribution is -0.385. The third-order valence-corrected chi connectivity index (χ3v) is 3.40. The molecule has 0 bridgehead atoms. The fraction of sp³-hybridized carbons (Fsp3) is 0.200. The molecule has 2 aromatic rings. The van der Waals surface area contributed by atoms with E-state index < -0.39 is 4.92 Å². The quantitative estimate of drug-likeness (QED) is 0.634. The van der Waals surface area contributed by atoms with Crippen molar-refractivity contribution in [1.82, 2.24) is 10.2 Å². The molecule has 0 unspecified atom stereocenters. The highest BCUT2D eigenvalue weighted by atomic mass is 79.9. The summed E-state index contributed by atoms with van der Waals surface area (Å²) < 4.78 is 6.01. The minimum atomic E-state index is -0.467. The number of aromatic nitrogens is 2. The van der Waals surface area contributed by atoms with Crippen LogP contribution in [-0.2, 0) is 0 Å². The maximum atomic E-state index is 11.0.